The van der Waals surface area contributed by atoms with Crippen LogP contribution < -0.4 is 5.32 Å². The molecule has 0 bridgehead atoms. The Kier molecular flexibility index (Phi) is 4.34. The van der Waals surface area contributed by atoms with E-state index in [0.717, 1.165) is 22.8 Å². The molecule has 1 fully saturated rings. The molecule has 0 radical (unpaired) electrons. The summed E-state index contributed by atoms with van der Waals surface area (Å²) in [5.41, 5.74) is 0. The zero-order valence-electron chi connectivity index (χ0n) is 9.06. The van der Waals surface area contributed by atoms with Crippen molar-refractivity contribution in [3.05, 3.63) is 16.0 Å². The molecule has 0 aliphatic heterocycles. The summed E-state index contributed by atoms with van der Waals surface area (Å²) in [6, 6.07) is 0.0996. The Bertz CT molecular complexity index is 331. The molecular formula is C11H16IN3O. The number of nitrogens with one attached hydrogen (secondary N) is 1. The zero-order valence-corrected chi connectivity index (χ0v) is 11.2. The van der Waals surface area contributed by atoms with Crippen molar-refractivity contribution in [2.45, 2.75) is 44.2 Å². The van der Waals surface area contributed by atoms with E-state index >= 15 is 0 Å². The molecule has 5 heteroatoms. The van der Waals surface area contributed by atoms with Crippen LogP contribution in [-0.4, -0.2) is 27.2 Å². The first-order valence-corrected chi connectivity index (χ1v) is 6.76. The van der Waals surface area contributed by atoms with Gasteiger partial charge < -0.3 is 10.4 Å². The van der Waals surface area contributed by atoms with E-state index in [0.29, 0.717) is 5.95 Å². The van der Waals surface area contributed by atoms with E-state index in [4.69, 9.17) is 0 Å². The molecule has 2 atom stereocenters. The number of hydrogen-bond donors (Lipinski definition) is 2. The lowest BCUT2D eigenvalue weighted by atomic mass is 10.1. The summed E-state index contributed by atoms with van der Waals surface area (Å²) in [6.45, 7) is 0. The van der Waals surface area contributed by atoms with Gasteiger partial charge in [0.05, 0.1) is 12.1 Å². The van der Waals surface area contributed by atoms with Crippen LogP contribution in [0.3, 0.4) is 0 Å². The molecule has 1 saturated carbocycles. The fourth-order valence-electron chi connectivity index (χ4n) is 2.01. The van der Waals surface area contributed by atoms with Gasteiger partial charge in [-0.25, -0.2) is 9.97 Å². The monoisotopic (exact) mass is 333 g/mol. The van der Waals surface area contributed by atoms with Gasteiger partial charge in [-0.3, -0.25) is 0 Å². The first kappa shape index (κ1) is 12.0. The molecule has 2 rings (SSSR count). The van der Waals surface area contributed by atoms with Crippen LogP contribution in [0.2, 0.25) is 0 Å². The van der Waals surface area contributed by atoms with E-state index in [1.54, 1.807) is 12.4 Å². The van der Waals surface area contributed by atoms with E-state index in [1.807, 2.05) is 0 Å². The summed E-state index contributed by atoms with van der Waals surface area (Å²) in [5.74, 6) is 0.617. The largest absolute Gasteiger partial charge is 0.391 e. The average molecular weight is 333 g/mol. The second kappa shape index (κ2) is 5.77. The molecule has 4 nitrogen and oxygen atoms in total. The van der Waals surface area contributed by atoms with E-state index in [-0.39, 0.29) is 12.1 Å². The van der Waals surface area contributed by atoms with Gasteiger partial charge in [-0.2, -0.15) is 0 Å². The quantitative estimate of drug-likeness (QED) is 0.643. The molecule has 16 heavy (non-hydrogen) atoms. The van der Waals surface area contributed by atoms with Crippen molar-refractivity contribution in [3.8, 4) is 0 Å². The predicted molar refractivity (Wildman–Crippen MR) is 71.3 cm³/mol. The molecule has 0 saturated heterocycles. The van der Waals surface area contributed by atoms with Crippen LogP contribution in [0.15, 0.2) is 12.4 Å². The van der Waals surface area contributed by atoms with Gasteiger partial charge in [-0.05, 0) is 35.4 Å². The minimum Gasteiger partial charge on any atom is -0.391 e. The lowest BCUT2D eigenvalue weighted by Gasteiger charge is -2.21. The maximum atomic E-state index is 9.95. The highest BCUT2D eigenvalue weighted by molar-refractivity contribution is 14.1. The SMILES string of the molecule is OC1CCCCCC1Nc1ncc(I)cn1. The second-order valence-electron chi connectivity index (χ2n) is 4.18. The van der Waals surface area contributed by atoms with Crippen LogP contribution in [0.1, 0.15) is 32.1 Å². The van der Waals surface area contributed by atoms with E-state index < -0.39 is 0 Å². The maximum Gasteiger partial charge on any atom is 0.222 e. The summed E-state index contributed by atoms with van der Waals surface area (Å²) in [6.07, 6.45) is 8.65. The summed E-state index contributed by atoms with van der Waals surface area (Å²) in [4.78, 5) is 8.39. The Labute approximate surface area is 109 Å². The Morgan fingerprint density at radius 3 is 2.62 bits per heavy atom. The van der Waals surface area contributed by atoms with E-state index in [1.165, 1.54) is 12.8 Å². The molecule has 1 aliphatic rings. The molecule has 88 valence electrons. The number of aliphatic hydroxyl groups is 1. The van der Waals surface area contributed by atoms with Gasteiger partial charge >= 0.3 is 0 Å². The third-order valence-electron chi connectivity index (χ3n) is 2.91. The first-order valence-electron chi connectivity index (χ1n) is 5.68. The summed E-state index contributed by atoms with van der Waals surface area (Å²) < 4.78 is 1.02. The number of nitrogens with zero attached hydrogens (tertiary/aromatic N) is 2. The minimum atomic E-state index is -0.273. The fraction of sp³-hybridized carbons (Fsp3) is 0.636. The maximum absolute atomic E-state index is 9.95. The Morgan fingerprint density at radius 2 is 1.88 bits per heavy atom. The van der Waals surface area contributed by atoms with Crippen molar-refractivity contribution in [2.24, 2.45) is 0 Å². The first-order chi connectivity index (χ1) is 7.75. The van der Waals surface area contributed by atoms with Gasteiger partial charge in [-0.15, -0.1) is 0 Å². The Morgan fingerprint density at radius 1 is 1.19 bits per heavy atom. The highest BCUT2D eigenvalue weighted by Crippen LogP contribution is 2.20. The lowest BCUT2D eigenvalue weighted by Crippen LogP contribution is -2.33. The van der Waals surface area contributed by atoms with Crippen molar-refractivity contribution in [2.75, 3.05) is 5.32 Å². The summed E-state index contributed by atoms with van der Waals surface area (Å²) in [7, 11) is 0. The third kappa shape index (κ3) is 3.28. The predicted octanol–water partition coefficient (Wildman–Crippen LogP) is 2.19. The van der Waals surface area contributed by atoms with Crippen molar-refractivity contribution in [3.63, 3.8) is 0 Å². The van der Waals surface area contributed by atoms with Crippen molar-refractivity contribution in [1.29, 1.82) is 0 Å². The van der Waals surface area contributed by atoms with E-state index in [9.17, 15) is 5.11 Å². The number of anilines is 1. The van der Waals surface area contributed by atoms with Crippen LogP contribution in [0, 0.1) is 3.57 Å². The topological polar surface area (TPSA) is 58.0 Å². The molecular weight excluding hydrogens is 317 g/mol. The highest BCUT2D eigenvalue weighted by atomic mass is 127. The van der Waals surface area contributed by atoms with Crippen LogP contribution in [-0.2, 0) is 0 Å². The van der Waals surface area contributed by atoms with Gasteiger partial charge in [0.15, 0.2) is 0 Å². The highest BCUT2D eigenvalue weighted by Gasteiger charge is 2.21. The number of aliphatic hydroxyl groups excluding tert-OH is 1. The molecule has 0 aromatic carbocycles. The van der Waals surface area contributed by atoms with Gasteiger partial charge in [0.25, 0.3) is 0 Å². The number of hydrogen-bond acceptors (Lipinski definition) is 4. The normalized spacial score (nSPS) is 26.1. The van der Waals surface area contributed by atoms with Gasteiger partial charge in [0, 0.05) is 16.0 Å². The number of halogens is 1. The smallest absolute Gasteiger partial charge is 0.222 e. The summed E-state index contributed by atoms with van der Waals surface area (Å²) >= 11 is 2.18. The van der Waals surface area contributed by atoms with Crippen molar-refractivity contribution in [1.82, 2.24) is 9.97 Å². The molecule has 1 aromatic heterocycles. The van der Waals surface area contributed by atoms with Gasteiger partial charge in [-0.1, -0.05) is 19.3 Å². The summed E-state index contributed by atoms with van der Waals surface area (Å²) in [5, 5.41) is 13.2. The minimum absolute atomic E-state index is 0.0996. The number of rotatable bonds is 2. The molecule has 0 spiro atoms. The van der Waals surface area contributed by atoms with Crippen molar-refractivity contribution < 1.29 is 5.11 Å². The lowest BCUT2D eigenvalue weighted by molar-refractivity contribution is 0.144. The van der Waals surface area contributed by atoms with Gasteiger partial charge in [0.1, 0.15) is 0 Å². The molecule has 2 N–H and O–H groups in total. The molecule has 1 aliphatic carbocycles. The standard InChI is InChI=1S/C11H16IN3O/c12-8-6-13-11(14-7-8)15-9-4-2-1-3-5-10(9)16/h6-7,9-10,16H,1-5H2,(H,13,14,15). The van der Waals surface area contributed by atoms with Crippen LogP contribution in [0.5, 0.6) is 0 Å². The van der Waals surface area contributed by atoms with E-state index in [2.05, 4.69) is 37.9 Å². The molecule has 0 amide bonds. The number of aromatic nitrogens is 2. The Hall–Kier alpha value is -0.430. The Balaban J connectivity index is 1.99. The average Bonchev–Trinajstić information content (AvgIpc) is 2.48. The fourth-order valence-corrected chi connectivity index (χ4v) is 2.29. The van der Waals surface area contributed by atoms with Crippen LogP contribution >= 0.6 is 22.6 Å². The van der Waals surface area contributed by atoms with Gasteiger partial charge in [0.2, 0.25) is 5.95 Å². The molecule has 1 heterocycles. The second-order valence-corrected chi connectivity index (χ2v) is 5.43. The van der Waals surface area contributed by atoms with Crippen LogP contribution in [0.4, 0.5) is 5.95 Å². The third-order valence-corrected chi connectivity index (χ3v) is 3.47. The molecule has 2 unspecified atom stereocenters. The zero-order chi connectivity index (χ0) is 11.4. The van der Waals surface area contributed by atoms with Crippen LogP contribution in [0.25, 0.3) is 0 Å². The van der Waals surface area contributed by atoms with Crippen molar-refractivity contribution >= 4 is 28.5 Å². The molecule has 1 aromatic rings.